The zero-order chi connectivity index (χ0) is 15.0. The molecule has 0 aliphatic rings. The summed E-state index contributed by atoms with van der Waals surface area (Å²) in [7, 11) is 1.61. The van der Waals surface area contributed by atoms with Gasteiger partial charge in [0.2, 0.25) is 11.8 Å². The Hall–Kier alpha value is -2.04. The second-order valence-electron chi connectivity index (χ2n) is 5.00. The quantitative estimate of drug-likeness (QED) is 0.793. The van der Waals surface area contributed by atoms with Crippen molar-refractivity contribution in [1.29, 1.82) is 0 Å². The standard InChI is InChI=1S/C15H22N2O3/c1-11(2)8-14(18)17-10-15(19)16-9-12-4-6-13(20-3)7-5-12/h4-7,11H,8-10H2,1-3H3,(H,16,19)(H,17,18). The predicted octanol–water partition coefficient (Wildman–Crippen LogP) is 1.47. The molecule has 0 unspecified atom stereocenters. The van der Waals surface area contributed by atoms with E-state index in [9.17, 15) is 9.59 Å². The van der Waals surface area contributed by atoms with E-state index in [0.29, 0.717) is 13.0 Å². The van der Waals surface area contributed by atoms with Crippen molar-refractivity contribution in [2.75, 3.05) is 13.7 Å². The van der Waals surface area contributed by atoms with E-state index in [2.05, 4.69) is 10.6 Å². The maximum atomic E-state index is 11.6. The van der Waals surface area contributed by atoms with Crippen molar-refractivity contribution >= 4 is 11.8 Å². The molecule has 1 rings (SSSR count). The van der Waals surface area contributed by atoms with Crippen LogP contribution in [0.15, 0.2) is 24.3 Å². The molecule has 0 atom stereocenters. The van der Waals surface area contributed by atoms with Gasteiger partial charge in [-0.1, -0.05) is 26.0 Å². The second-order valence-corrected chi connectivity index (χ2v) is 5.00. The Bertz CT molecular complexity index is 441. The lowest BCUT2D eigenvalue weighted by molar-refractivity contribution is -0.126. The average molecular weight is 278 g/mol. The third-order valence-electron chi connectivity index (χ3n) is 2.69. The maximum Gasteiger partial charge on any atom is 0.239 e. The zero-order valence-electron chi connectivity index (χ0n) is 12.2. The van der Waals surface area contributed by atoms with Gasteiger partial charge in [-0.15, -0.1) is 0 Å². The largest absolute Gasteiger partial charge is 0.497 e. The minimum atomic E-state index is -0.196. The van der Waals surface area contributed by atoms with Gasteiger partial charge in [0.25, 0.3) is 0 Å². The van der Waals surface area contributed by atoms with Gasteiger partial charge in [-0.2, -0.15) is 0 Å². The number of rotatable bonds is 7. The Balaban J connectivity index is 2.27. The fourth-order valence-electron chi connectivity index (χ4n) is 1.63. The summed E-state index contributed by atoms with van der Waals surface area (Å²) in [4.78, 5) is 23.0. The van der Waals surface area contributed by atoms with Crippen LogP contribution in [-0.2, 0) is 16.1 Å². The Labute approximate surface area is 119 Å². The van der Waals surface area contributed by atoms with Gasteiger partial charge >= 0.3 is 0 Å². The van der Waals surface area contributed by atoms with Gasteiger partial charge in [0.15, 0.2) is 0 Å². The summed E-state index contributed by atoms with van der Waals surface area (Å²) in [5.41, 5.74) is 0.979. The van der Waals surface area contributed by atoms with E-state index >= 15 is 0 Å². The van der Waals surface area contributed by atoms with E-state index in [4.69, 9.17) is 4.74 Å². The lowest BCUT2D eigenvalue weighted by Gasteiger charge is -2.08. The Kier molecular flexibility index (Phi) is 6.56. The first kappa shape index (κ1) is 16.0. The Morgan fingerprint density at radius 1 is 1.10 bits per heavy atom. The van der Waals surface area contributed by atoms with Crippen molar-refractivity contribution in [2.45, 2.75) is 26.8 Å². The highest BCUT2D eigenvalue weighted by molar-refractivity contribution is 5.84. The van der Waals surface area contributed by atoms with Gasteiger partial charge in [0, 0.05) is 13.0 Å². The normalized spacial score (nSPS) is 10.2. The molecule has 0 saturated carbocycles. The van der Waals surface area contributed by atoms with Crippen molar-refractivity contribution in [1.82, 2.24) is 10.6 Å². The second kappa shape index (κ2) is 8.19. The maximum absolute atomic E-state index is 11.6. The molecule has 1 aromatic rings. The molecule has 5 nitrogen and oxygen atoms in total. The fraction of sp³-hybridized carbons (Fsp3) is 0.467. The first-order valence-electron chi connectivity index (χ1n) is 6.67. The molecule has 0 bridgehead atoms. The summed E-state index contributed by atoms with van der Waals surface area (Å²) in [5.74, 6) is 0.774. The third kappa shape index (κ3) is 6.22. The number of amides is 2. The number of nitrogens with one attached hydrogen (secondary N) is 2. The number of benzene rings is 1. The third-order valence-corrected chi connectivity index (χ3v) is 2.69. The molecular formula is C15H22N2O3. The van der Waals surface area contributed by atoms with Gasteiger partial charge in [-0.3, -0.25) is 9.59 Å². The molecule has 0 heterocycles. The van der Waals surface area contributed by atoms with Crippen LogP contribution in [0.2, 0.25) is 0 Å². The van der Waals surface area contributed by atoms with Gasteiger partial charge < -0.3 is 15.4 Å². The molecule has 0 fully saturated rings. The number of carbonyl (C=O) groups is 2. The van der Waals surface area contributed by atoms with Crippen molar-refractivity contribution in [2.24, 2.45) is 5.92 Å². The van der Waals surface area contributed by atoms with Crippen LogP contribution in [-0.4, -0.2) is 25.5 Å². The summed E-state index contributed by atoms with van der Waals surface area (Å²) in [6, 6.07) is 7.45. The number of hydrogen-bond acceptors (Lipinski definition) is 3. The van der Waals surface area contributed by atoms with E-state index in [-0.39, 0.29) is 24.3 Å². The average Bonchev–Trinajstić information content (AvgIpc) is 2.42. The Morgan fingerprint density at radius 2 is 1.75 bits per heavy atom. The van der Waals surface area contributed by atoms with Crippen LogP contribution >= 0.6 is 0 Å². The van der Waals surface area contributed by atoms with Crippen molar-refractivity contribution < 1.29 is 14.3 Å². The molecule has 0 saturated heterocycles. The monoisotopic (exact) mass is 278 g/mol. The minimum Gasteiger partial charge on any atom is -0.497 e. The lowest BCUT2D eigenvalue weighted by atomic mass is 10.1. The molecule has 2 N–H and O–H groups in total. The molecule has 0 radical (unpaired) electrons. The fourth-order valence-corrected chi connectivity index (χ4v) is 1.63. The van der Waals surface area contributed by atoms with E-state index < -0.39 is 0 Å². The van der Waals surface area contributed by atoms with Gasteiger partial charge in [-0.05, 0) is 23.6 Å². The molecule has 110 valence electrons. The van der Waals surface area contributed by atoms with Gasteiger partial charge in [0.1, 0.15) is 5.75 Å². The van der Waals surface area contributed by atoms with Crippen LogP contribution in [0.3, 0.4) is 0 Å². The van der Waals surface area contributed by atoms with Crippen LogP contribution in [0, 0.1) is 5.92 Å². The summed E-state index contributed by atoms with van der Waals surface area (Å²) in [5, 5.41) is 5.35. The molecule has 20 heavy (non-hydrogen) atoms. The van der Waals surface area contributed by atoms with Gasteiger partial charge in [-0.25, -0.2) is 0 Å². The lowest BCUT2D eigenvalue weighted by Crippen LogP contribution is -2.36. The van der Waals surface area contributed by atoms with E-state index in [1.165, 1.54) is 0 Å². The van der Waals surface area contributed by atoms with Crippen molar-refractivity contribution in [3.63, 3.8) is 0 Å². The highest BCUT2D eigenvalue weighted by Crippen LogP contribution is 2.10. The van der Waals surface area contributed by atoms with Crippen molar-refractivity contribution in [3.05, 3.63) is 29.8 Å². The molecule has 0 spiro atoms. The first-order chi connectivity index (χ1) is 9.51. The molecule has 2 amide bonds. The summed E-state index contributed by atoms with van der Waals surface area (Å²) < 4.78 is 5.06. The first-order valence-corrected chi connectivity index (χ1v) is 6.67. The highest BCUT2D eigenvalue weighted by Gasteiger charge is 2.07. The highest BCUT2D eigenvalue weighted by atomic mass is 16.5. The predicted molar refractivity (Wildman–Crippen MR) is 77.3 cm³/mol. The topological polar surface area (TPSA) is 67.4 Å². The Morgan fingerprint density at radius 3 is 2.30 bits per heavy atom. The minimum absolute atomic E-state index is 0.0156. The van der Waals surface area contributed by atoms with Crippen LogP contribution in [0.25, 0.3) is 0 Å². The summed E-state index contributed by atoms with van der Waals surface area (Å²) in [6.45, 7) is 4.37. The smallest absolute Gasteiger partial charge is 0.239 e. The molecule has 0 aliphatic heterocycles. The van der Waals surface area contributed by atoms with Crippen LogP contribution in [0.4, 0.5) is 0 Å². The number of hydrogen-bond donors (Lipinski definition) is 2. The number of methoxy groups -OCH3 is 1. The van der Waals surface area contributed by atoms with Crippen LogP contribution < -0.4 is 15.4 Å². The summed E-state index contributed by atoms with van der Waals surface area (Å²) >= 11 is 0. The molecule has 0 aliphatic carbocycles. The summed E-state index contributed by atoms with van der Waals surface area (Å²) in [6.07, 6.45) is 0.436. The van der Waals surface area contributed by atoms with Gasteiger partial charge in [0.05, 0.1) is 13.7 Å². The molecule has 5 heteroatoms. The number of carbonyl (C=O) groups excluding carboxylic acids is 2. The number of ether oxygens (including phenoxy) is 1. The molecular weight excluding hydrogens is 256 g/mol. The SMILES string of the molecule is COc1ccc(CNC(=O)CNC(=O)CC(C)C)cc1. The van der Waals surface area contributed by atoms with Crippen LogP contribution in [0.5, 0.6) is 5.75 Å². The van der Waals surface area contributed by atoms with E-state index in [0.717, 1.165) is 11.3 Å². The van der Waals surface area contributed by atoms with E-state index in [1.807, 2.05) is 38.1 Å². The molecule has 1 aromatic carbocycles. The van der Waals surface area contributed by atoms with Crippen molar-refractivity contribution in [3.8, 4) is 5.75 Å². The molecule has 0 aromatic heterocycles. The van der Waals surface area contributed by atoms with E-state index in [1.54, 1.807) is 7.11 Å². The zero-order valence-corrected chi connectivity index (χ0v) is 12.2. The van der Waals surface area contributed by atoms with Crippen LogP contribution in [0.1, 0.15) is 25.8 Å².